The van der Waals surface area contributed by atoms with E-state index in [2.05, 4.69) is 16.0 Å². The van der Waals surface area contributed by atoms with Crippen LogP contribution in [0.4, 0.5) is 10.5 Å². The highest BCUT2D eigenvalue weighted by Gasteiger charge is 2.21. The van der Waals surface area contributed by atoms with Gasteiger partial charge in [-0.3, -0.25) is 9.59 Å². The number of nitrogens with one attached hydrogen (secondary N) is 3. The lowest BCUT2D eigenvalue weighted by Crippen LogP contribution is -2.45. The fraction of sp³-hybridized carbons (Fsp3) is 0.471. The Labute approximate surface area is 146 Å². The second-order valence-corrected chi connectivity index (χ2v) is 6.15. The number of hydrogen-bond donors (Lipinski definition) is 4. The van der Waals surface area contributed by atoms with E-state index in [-0.39, 0.29) is 25.4 Å². The van der Waals surface area contributed by atoms with Crippen LogP contribution < -0.4 is 20.7 Å². The number of carboxylic acids is 1. The number of amides is 3. The molecule has 4 N–H and O–H groups in total. The Morgan fingerprint density at radius 1 is 1.12 bits per heavy atom. The van der Waals surface area contributed by atoms with E-state index in [0.29, 0.717) is 17.9 Å². The van der Waals surface area contributed by atoms with E-state index < -0.39 is 17.5 Å². The van der Waals surface area contributed by atoms with E-state index in [0.717, 1.165) is 0 Å². The van der Waals surface area contributed by atoms with Gasteiger partial charge >= 0.3 is 12.0 Å². The largest absolute Gasteiger partial charge is 0.493 e. The van der Waals surface area contributed by atoms with E-state index in [4.69, 9.17) is 9.84 Å². The van der Waals surface area contributed by atoms with Crippen molar-refractivity contribution in [1.29, 1.82) is 0 Å². The summed E-state index contributed by atoms with van der Waals surface area (Å²) in [5.74, 6) is -0.403. The highest BCUT2D eigenvalue weighted by Crippen LogP contribution is 2.17. The van der Waals surface area contributed by atoms with Crippen LogP contribution in [0.15, 0.2) is 24.3 Å². The van der Waals surface area contributed by atoms with Crippen LogP contribution >= 0.6 is 0 Å². The molecule has 25 heavy (non-hydrogen) atoms. The standard InChI is InChI=1S/C17H25N3O5/c1-17(2,10-8-15(22)23)20-16(24)19-12-4-6-13(7-5-12)25-11-9-14(21)18-3/h4-7H,8-11H2,1-3H3,(H,18,21)(H,22,23)(H2,19,20,24). The van der Waals surface area contributed by atoms with Crippen molar-refractivity contribution in [3.8, 4) is 5.75 Å². The molecular weight excluding hydrogens is 326 g/mol. The average molecular weight is 351 g/mol. The molecule has 0 unspecified atom stereocenters. The van der Waals surface area contributed by atoms with Gasteiger partial charge in [-0.05, 0) is 44.5 Å². The average Bonchev–Trinajstić information content (AvgIpc) is 2.54. The molecule has 0 aromatic heterocycles. The highest BCUT2D eigenvalue weighted by atomic mass is 16.5. The molecule has 0 aliphatic heterocycles. The van der Waals surface area contributed by atoms with Crippen LogP contribution in [0.1, 0.15) is 33.1 Å². The van der Waals surface area contributed by atoms with Crippen molar-refractivity contribution in [3.05, 3.63) is 24.3 Å². The quantitative estimate of drug-likeness (QED) is 0.543. The molecule has 1 rings (SSSR count). The summed E-state index contributed by atoms with van der Waals surface area (Å²) in [6.45, 7) is 3.79. The minimum atomic E-state index is -0.901. The summed E-state index contributed by atoms with van der Waals surface area (Å²) in [5.41, 5.74) is -0.0593. The Kier molecular flexibility index (Phi) is 7.71. The molecule has 1 aromatic rings. The van der Waals surface area contributed by atoms with Crippen molar-refractivity contribution in [1.82, 2.24) is 10.6 Å². The van der Waals surface area contributed by atoms with Crippen molar-refractivity contribution in [2.45, 2.75) is 38.6 Å². The predicted molar refractivity (Wildman–Crippen MR) is 93.7 cm³/mol. The van der Waals surface area contributed by atoms with E-state index in [1.807, 2.05) is 0 Å². The molecule has 0 fully saturated rings. The smallest absolute Gasteiger partial charge is 0.319 e. The maximum Gasteiger partial charge on any atom is 0.319 e. The third-order valence-electron chi connectivity index (χ3n) is 3.40. The van der Waals surface area contributed by atoms with Crippen LogP contribution in [0.25, 0.3) is 0 Å². The second-order valence-electron chi connectivity index (χ2n) is 6.15. The molecule has 0 aliphatic carbocycles. The number of urea groups is 1. The third kappa shape index (κ3) is 8.59. The number of carbonyl (C=O) groups excluding carboxylic acids is 2. The van der Waals surface area contributed by atoms with E-state index in [1.165, 1.54) is 0 Å². The molecule has 0 saturated heterocycles. The number of anilines is 1. The van der Waals surface area contributed by atoms with Gasteiger partial charge in [0, 0.05) is 24.7 Å². The van der Waals surface area contributed by atoms with E-state index >= 15 is 0 Å². The molecule has 138 valence electrons. The zero-order chi connectivity index (χ0) is 18.9. The molecule has 8 heteroatoms. The lowest BCUT2D eigenvalue weighted by molar-refractivity contribution is -0.137. The van der Waals surface area contributed by atoms with Gasteiger partial charge in [0.05, 0.1) is 13.0 Å². The number of rotatable bonds is 9. The van der Waals surface area contributed by atoms with E-state index in [1.54, 1.807) is 45.2 Å². The van der Waals surface area contributed by atoms with Gasteiger partial charge in [0.15, 0.2) is 0 Å². The third-order valence-corrected chi connectivity index (χ3v) is 3.40. The number of carboxylic acid groups (broad SMARTS) is 1. The first kappa shape index (κ1) is 20.3. The normalized spacial score (nSPS) is 10.7. The Hall–Kier alpha value is -2.77. The van der Waals surface area contributed by atoms with Crippen molar-refractivity contribution in [3.63, 3.8) is 0 Å². The number of aliphatic carboxylic acids is 1. The Morgan fingerprint density at radius 2 is 1.76 bits per heavy atom. The Morgan fingerprint density at radius 3 is 2.32 bits per heavy atom. The minimum absolute atomic E-state index is 0.0185. The summed E-state index contributed by atoms with van der Waals surface area (Å²) in [5, 5.41) is 16.6. The fourth-order valence-corrected chi connectivity index (χ4v) is 1.97. The Bertz CT molecular complexity index is 599. The van der Waals surface area contributed by atoms with Crippen LogP contribution in [0.3, 0.4) is 0 Å². The summed E-state index contributed by atoms with van der Waals surface area (Å²) in [7, 11) is 1.57. The van der Waals surface area contributed by atoms with Gasteiger partial charge in [-0.25, -0.2) is 4.79 Å². The maximum atomic E-state index is 12.0. The lowest BCUT2D eigenvalue weighted by atomic mass is 9.99. The fourth-order valence-electron chi connectivity index (χ4n) is 1.97. The number of carbonyl (C=O) groups is 3. The molecule has 3 amide bonds. The molecule has 0 atom stereocenters. The predicted octanol–water partition coefficient (Wildman–Crippen LogP) is 1.97. The zero-order valence-electron chi connectivity index (χ0n) is 14.7. The molecule has 0 saturated carbocycles. The second kappa shape index (κ2) is 9.51. The molecule has 0 spiro atoms. The maximum absolute atomic E-state index is 12.0. The molecule has 1 aromatic carbocycles. The van der Waals surface area contributed by atoms with Crippen molar-refractivity contribution >= 4 is 23.6 Å². The first-order valence-electron chi connectivity index (χ1n) is 7.96. The molecule has 0 aliphatic rings. The zero-order valence-corrected chi connectivity index (χ0v) is 14.7. The molecule has 0 bridgehead atoms. The van der Waals surface area contributed by atoms with Crippen LogP contribution in [0.5, 0.6) is 5.75 Å². The summed E-state index contributed by atoms with van der Waals surface area (Å²) in [4.78, 5) is 33.7. The molecule has 0 radical (unpaired) electrons. The first-order chi connectivity index (χ1) is 11.7. The van der Waals surface area contributed by atoms with Gasteiger partial charge in [0.2, 0.25) is 5.91 Å². The van der Waals surface area contributed by atoms with Gasteiger partial charge < -0.3 is 25.8 Å². The summed E-state index contributed by atoms with van der Waals surface area (Å²) in [6.07, 6.45) is 0.577. The number of hydrogen-bond acceptors (Lipinski definition) is 4. The van der Waals surface area contributed by atoms with Gasteiger partial charge in [-0.15, -0.1) is 0 Å². The van der Waals surface area contributed by atoms with Gasteiger partial charge in [-0.1, -0.05) is 0 Å². The van der Waals surface area contributed by atoms with Crippen molar-refractivity contribution < 1.29 is 24.2 Å². The van der Waals surface area contributed by atoms with Gasteiger partial charge in [0.25, 0.3) is 0 Å². The van der Waals surface area contributed by atoms with E-state index in [9.17, 15) is 14.4 Å². The van der Waals surface area contributed by atoms with Crippen molar-refractivity contribution in [2.75, 3.05) is 19.0 Å². The minimum Gasteiger partial charge on any atom is -0.493 e. The lowest BCUT2D eigenvalue weighted by Gasteiger charge is -2.25. The highest BCUT2D eigenvalue weighted by molar-refractivity contribution is 5.89. The number of benzene rings is 1. The summed E-state index contributed by atoms with van der Waals surface area (Å²) >= 11 is 0. The molecule has 0 heterocycles. The van der Waals surface area contributed by atoms with Crippen LogP contribution in [-0.2, 0) is 9.59 Å². The Balaban J connectivity index is 2.44. The topological polar surface area (TPSA) is 117 Å². The summed E-state index contributed by atoms with van der Waals surface area (Å²) < 4.78 is 5.43. The van der Waals surface area contributed by atoms with Crippen molar-refractivity contribution in [2.24, 2.45) is 0 Å². The van der Waals surface area contributed by atoms with Crippen LogP contribution in [0, 0.1) is 0 Å². The molecular formula is C17H25N3O5. The van der Waals surface area contributed by atoms with Crippen LogP contribution in [-0.4, -0.2) is 42.2 Å². The number of ether oxygens (including phenoxy) is 1. The SMILES string of the molecule is CNC(=O)CCOc1ccc(NC(=O)NC(C)(C)CCC(=O)O)cc1. The summed E-state index contributed by atoms with van der Waals surface area (Å²) in [6, 6.07) is 6.33. The molecule has 8 nitrogen and oxygen atoms in total. The van der Waals surface area contributed by atoms with Crippen LogP contribution in [0.2, 0.25) is 0 Å². The van der Waals surface area contributed by atoms with Gasteiger partial charge in [-0.2, -0.15) is 0 Å². The van der Waals surface area contributed by atoms with Gasteiger partial charge in [0.1, 0.15) is 5.75 Å². The first-order valence-corrected chi connectivity index (χ1v) is 7.96. The monoisotopic (exact) mass is 351 g/mol.